The summed E-state index contributed by atoms with van der Waals surface area (Å²) in [5, 5.41) is 9.18. The summed E-state index contributed by atoms with van der Waals surface area (Å²) in [5.41, 5.74) is 0.599. The highest BCUT2D eigenvalue weighted by Crippen LogP contribution is 2.36. The molecule has 0 aliphatic rings. The first-order chi connectivity index (χ1) is 14.0. The summed E-state index contributed by atoms with van der Waals surface area (Å²) in [4.78, 5) is 10.5. The molecule has 0 aliphatic heterocycles. The number of carbonyl (C=O) groups is 1. The fourth-order valence-corrected chi connectivity index (χ4v) is 4.33. The molecule has 3 aromatic carbocycles. The Hall–Kier alpha value is -3.33. The SMILES string of the molecule is Cc1ccc(S(=O)(=O)N(c2ccc(-c3ccccc3)cc2)C(F)(F)F)cc1C(=O)O. The van der Waals surface area contributed by atoms with Crippen molar-refractivity contribution >= 4 is 21.7 Å². The van der Waals surface area contributed by atoms with E-state index in [9.17, 15) is 31.5 Å². The van der Waals surface area contributed by atoms with E-state index in [2.05, 4.69) is 0 Å². The Kier molecular flexibility index (Phi) is 5.58. The summed E-state index contributed by atoms with van der Waals surface area (Å²) in [6.07, 6.45) is -5.26. The number of rotatable bonds is 5. The molecule has 3 rings (SSSR count). The van der Waals surface area contributed by atoms with E-state index in [1.165, 1.54) is 19.1 Å². The van der Waals surface area contributed by atoms with Crippen molar-refractivity contribution in [2.24, 2.45) is 0 Å². The van der Waals surface area contributed by atoms with Crippen molar-refractivity contribution < 1.29 is 31.5 Å². The second-order valence-corrected chi connectivity index (χ2v) is 8.22. The molecular weight excluding hydrogens is 419 g/mol. The van der Waals surface area contributed by atoms with Crippen LogP contribution >= 0.6 is 0 Å². The van der Waals surface area contributed by atoms with Gasteiger partial charge in [0.2, 0.25) is 0 Å². The smallest absolute Gasteiger partial charge is 0.478 e. The summed E-state index contributed by atoms with van der Waals surface area (Å²) in [6.45, 7) is 1.42. The first-order valence-corrected chi connectivity index (χ1v) is 10.1. The Morgan fingerprint density at radius 1 is 0.900 bits per heavy atom. The van der Waals surface area contributed by atoms with Gasteiger partial charge in [0.25, 0.3) is 10.0 Å². The molecule has 30 heavy (non-hydrogen) atoms. The number of carboxylic acids is 1. The van der Waals surface area contributed by atoms with Crippen molar-refractivity contribution in [3.8, 4) is 11.1 Å². The standard InChI is InChI=1S/C21H16F3NO4S/c1-14-7-12-18(13-19(14)20(26)27)30(28,29)25(21(22,23)24)17-10-8-16(9-11-17)15-5-3-2-4-6-15/h2-13H,1H3,(H,26,27). The molecular formula is C21H16F3NO4S. The maximum atomic E-state index is 13.8. The minimum absolute atomic E-state index is 0.229. The molecule has 0 bridgehead atoms. The Morgan fingerprint density at radius 3 is 2.00 bits per heavy atom. The third-order valence-corrected chi connectivity index (χ3v) is 6.17. The number of carboxylic acid groups (broad SMARTS) is 1. The fourth-order valence-electron chi connectivity index (χ4n) is 2.94. The van der Waals surface area contributed by atoms with E-state index in [4.69, 9.17) is 0 Å². The number of sulfonamides is 1. The molecule has 0 fully saturated rings. The Balaban J connectivity index is 2.09. The molecule has 3 aromatic rings. The molecule has 0 aromatic heterocycles. The number of halogens is 3. The van der Waals surface area contributed by atoms with Crippen molar-refractivity contribution in [3.05, 3.63) is 83.9 Å². The Bertz CT molecular complexity index is 1180. The molecule has 1 N–H and O–H groups in total. The molecule has 0 aliphatic carbocycles. The molecule has 0 unspecified atom stereocenters. The van der Waals surface area contributed by atoms with Gasteiger partial charge in [-0.05, 0) is 47.9 Å². The monoisotopic (exact) mass is 435 g/mol. The van der Waals surface area contributed by atoms with Gasteiger partial charge in [0.15, 0.2) is 0 Å². The van der Waals surface area contributed by atoms with Crippen LogP contribution in [0.15, 0.2) is 77.7 Å². The van der Waals surface area contributed by atoms with Gasteiger partial charge in [0.05, 0.1) is 16.1 Å². The molecule has 0 saturated carbocycles. The molecule has 0 heterocycles. The maximum absolute atomic E-state index is 13.8. The van der Waals surface area contributed by atoms with Crippen LogP contribution in [0.1, 0.15) is 15.9 Å². The van der Waals surface area contributed by atoms with Crippen LogP contribution in [-0.4, -0.2) is 25.8 Å². The molecule has 0 radical (unpaired) electrons. The number of hydrogen-bond acceptors (Lipinski definition) is 3. The average Bonchev–Trinajstić information content (AvgIpc) is 2.68. The van der Waals surface area contributed by atoms with Gasteiger partial charge in [-0.3, -0.25) is 0 Å². The highest BCUT2D eigenvalue weighted by Gasteiger charge is 2.46. The molecule has 0 saturated heterocycles. The number of anilines is 1. The van der Waals surface area contributed by atoms with Crippen LogP contribution in [-0.2, 0) is 10.0 Å². The summed E-state index contributed by atoms with van der Waals surface area (Å²) < 4.78 is 66.3. The largest absolute Gasteiger partial charge is 0.498 e. The van der Waals surface area contributed by atoms with Crippen LogP contribution in [0, 0.1) is 6.92 Å². The third kappa shape index (κ3) is 4.16. The molecule has 9 heteroatoms. The van der Waals surface area contributed by atoms with E-state index < -0.39 is 42.7 Å². The highest BCUT2D eigenvalue weighted by atomic mass is 32.2. The van der Waals surface area contributed by atoms with Crippen LogP contribution in [0.25, 0.3) is 11.1 Å². The zero-order chi connectivity index (χ0) is 22.1. The number of aryl methyl sites for hydroxylation is 1. The van der Waals surface area contributed by atoms with Crippen molar-refractivity contribution in [2.45, 2.75) is 18.1 Å². The summed E-state index contributed by atoms with van der Waals surface area (Å²) in [5.74, 6) is -1.43. The second kappa shape index (κ2) is 7.83. The van der Waals surface area contributed by atoms with Crippen molar-refractivity contribution in [1.82, 2.24) is 0 Å². The van der Waals surface area contributed by atoms with E-state index in [1.54, 1.807) is 30.3 Å². The van der Waals surface area contributed by atoms with Gasteiger partial charge in [-0.2, -0.15) is 4.31 Å². The minimum Gasteiger partial charge on any atom is -0.478 e. The van der Waals surface area contributed by atoms with E-state index in [0.717, 1.165) is 35.9 Å². The van der Waals surface area contributed by atoms with Gasteiger partial charge >= 0.3 is 12.3 Å². The van der Waals surface area contributed by atoms with Gasteiger partial charge < -0.3 is 5.11 Å². The van der Waals surface area contributed by atoms with Crippen LogP contribution < -0.4 is 4.31 Å². The van der Waals surface area contributed by atoms with E-state index >= 15 is 0 Å². The van der Waals surface area contributed by atoms with Gasteiger partial charge in [0, 0.05) is 0 Å². The number of nitrogens with zero attached hydrogens (tertiary/aromatic N) is 1. The zero-order valence-electron chi connectivity index (χ0n) is 15.6. The van der Waals surface area contributed by atoms with E-state index in [-0.39, 0.29) is 5.56 Å². The maximum Gasteiger partial charge on any atom is 0.498 e. The topological polar surface area (TPSA) is 74.7 Å². The normalized spacial score (nSPS) is 11.9. The molecule has 156 valence electrons. The lowest BCUT2D eigenvalue weighted by Crippen LogP contribution is -2.43. The summed E-state index contributed by atoms with van der Waals surface area (Å²) >= 11 is 0. The highest BCUT2D eigenvalue weighted by molar-refractivity contribution is 7.92. The Labute approximate surface area is 171 Å². The first kappa shape index (κ1) is 21.4. The van der Waals surface area contributed by atoms with Crippen LogP contribution in [0.2, 0.25) is 0 Å². The number of alkyl halides is 3. The second-order valence-electron chi connectivity index (χ2n) is 6.43. The predicted molar refractivity (Wildman–Crippen MR) is 106 cm³/mol. The number of hydrogen-bond donors (Lipinski definition) is 1. The predicted octanol–water partition coefficient (Wildman–Crippen LogP) is 5.08. The lowest BCUT2D eigenvalue weighted by molar-refractivity contribution is -0.115. The van der Waals surface area contributed by atoms with Gasteiger partial charge in [-0.25, -0.2) is 13.2 Å². The van der Waals surface area contributed by atoms with Crippen LogP contribution in [0.4, 0.5) is 18.9 Å². The van der Waals surface area contributed by atoms with Gasteiger partial charge in [0.1, 0.15) is 0 Å². The molecule has 0 atom stereocenters. The van der Waals surface area contributed by atoms with E-state index in [1.807, 2.05) is 0 Å². The van der Waals surface area contributed by atoms with Crippen LogP contribution in [0.3, 0.4) is 0 Å². The molecule has 5 nitrogen and oxygen atoms in total. The lowest BCUT2D eigenvalue weighted by atomic mass is 10.1. The number of aromatic carboxylic acids is 1. The van der Waals surface area contributed by atoms with E-state index in [0.29, 0.717) is 5.56 Å². The zero-order valence-corrected chi connectivity index (χ0v) is 16.4. The summed E-state index contributed by atoms with van der Waals surface area (Å²) in [7, 11) is -5.12. The fraction of sp³-hybridized carbons (Fsp3) is 0.0952. The quantitative estimate of drug-likeness (QED) is 0.568. The summed E-state index contributed by atoms with van der Waals surface area (Å²) in [6, 6.07) is 16.6. The average molecular weight is 435 g/mol. The van der Waals surface area contributed by atoms with Gasteiger partial charge in [-0.15, -0.1) is 13.2 Å². The third-order valence-electron chi connectivity index (χ3n) is 4.42. The van der Waals surface area contributed by atoms with Gasteiger partial charge in [-0.1, -0.05) is 48.5 Å². The number of benzene rings is 3. The minimum atomic E-state index is -5.26. The molecule has 0 spiro atoms. The van der Waals surface area contributed by atoms with Crippen molar-refractivity contribution in [1.29, 1.82) is 0 Å². The van der Waals surface area contributed by atoms with Crippen LogP contribution in [0.5, 0.6) is 0 Å². The van der Waals surface area contributed by atoms with Crippen molar-refractivity contribution in [2.75, 3.05) is 4.31 Å². The van der Waals surface area contributed by atoms with Crippen molar-refractivity contribution in [3.63, 3.8) is 0 Å². The lowest BCUT2D eigenvalue weighted by Gasteiger charge is -2.26. The molecule has 0 amide bonds. The first-order valence-electron chi connectivity index (χ1n) is 8.63. The Morgan fingerprint density at radius 2 is 1.47 bits per heavy atom.